The van der Waals surface area contributed by atoms with Crippen LogP contribution in [0.1, 0.15) is 62.2 Å². The molecule has 2 aromatic heterocycles. The van der Waals surface area contributed by atoms with Crippen molar-refractivity contribution >= 4 is 48.7 Å². The molecule has 1 aromatic carbocycles. The first-order chi connectivity index (χ1) is 14.2. The quantitative estimate of drug-likeness (QED) is 0.356. The summed E-state index contributed by atoms with van der Waals surface area (Å²) in [4.78, 5) is 12.3. The highest BCUT2D eigenvalue weighted by atomic mass is 79.9. The van der Waals surface area contributed by atoms with Gasteiger partial charge in [0.2, 0.25) is 0 Å². The number of fused-ring (bicyclic) bond motifs is 1. The van der Waals surface area contributed by atoms with E-state index in [4.69, 9.17) is 9.97 Å². The van der Waals surface area contributed by atoms with Gasteiger partial charge in [0.1, 0.15) is 11.6 Å². The zero-order valence-electron chi connectivity index (χ0n) is 18.7. The van der Waals surface area contributed by atoms with E-state index in [1.54, 1.807) is 0 Å². The Hall–Kier alpha value is -1.40. The number of aromatic nitrogens is 3. The van der Waals surface area contributed by atoms with Gasteiger partial charge in [-0.15, -0.1) is 0 Å². The third-order valence-electron chi connectivity index (χ3n) is 6.46. The fourth-order valence-corrected chi connectivity index (χ4v) is 5.98. The van der Waals surface area contributed by atoms with Gasteiger partial charge in [-0.05, 0) is 101 Å². The predicted molar refractivity (Wildman–Crippen MR) is 133 cm³/mol. The van der Waals surface area contributed by atoms with Gasteiger partial charge in [-0.1, -0.05) is 20.8 Å². The molecule has 6 heteroatoms. The summed E-state index contributed by atoms with van der Waals surface area (Å²) in [5, 5.41) is 1.18. The number of rotatable bonds is 3. The van der Waals surface area contributed by atoms with Crippen molar-refractivity contribution < 1.29 is 0 Å². The average molecular weight is 534 g/mol. The minimum absolute atomic E-state index is 0.466. The molecule has 0 unspecified atom stereocenters. The van der Waals surface area contributed by atoms with Crippen LogP contribution in [0.4, 0.5) is 5.82 Å². The lowest BCUT2D eigenvalue weighted by Gasteiger charge is -2.31. The number of benzene rings is 1. The average Bonchev–Trinajstić information content (AvgIpc) is 2.92. The molecule has 1 fully saturated rings. The number of anilines is 1. The molecule has 4 nitrogen and oxygen atoms in total. The zero-order valence-corrected chi connectivity index (χ0v) is 21.9. The van der Waals surface area contributed by atoms with Crippen molar-refractivity contribution in [2.24, 2.45) is 5.92 Å². The van der Waals surface area contributed by atoms with Crippen molar-refractivity contribution in [3.8, 4) is 5.69 Å². The predicted octanol–water partition coefficient (Wildman–Crippen LogP) is 7.23. The molecule has 1 saturated heterocycles. The highest BCUT2D eigenvalue weighted by Crippen LogP contribution is 2.40. The maximum atomic E-state index is 4.93. The first-order valence-electron chi connectivity index (χ1n) is 10.8. The Labute approximate surface area is 196 Å². The summed E-state index contributed by atoms with van der Waals surface area (Å²) in [6.45, 7) is 15.3. The fraction of sp³-hybridized carbons (Fsp3) is 0.500. The van der Waals surface area contributed by atoms with Gasteiger partial charge < -0.3 is 4.90 Å². The first-order valence-corrected chi connectivity index (χ1v) is 12.4. The van der Waals surface area contributed by atoms with E-state index in [-0.39, 0.29) is 0 Å². The van der Waals surface area contributed by atoms with Gasteiger partial charge >= 0.3 is 0 Å². The van der Waals surface area contributed by atoms with Crippen LogP contribution in [0.3, 0.4) is 0 Å². The molecular formula is C24H30Br2N4. The fourth-order valence-electron chi connectivity index (χ4n) is 4.40. The Kier molecular flexibility index (Phi) is 6.01. The van der Waals surface area contributed by atoms with Crippen LogP contribution in [0.2, 0.25) is 0 Å². The molecule has 0 radical (unpaired) electrons. The molecule has 0 aliphatic carbocycles. The van der Waals surface area contributed by atoms with Gasteiger partial charge in [0.25, 0.3) is 0 Å². The standard InChI is InChI=1S/C24H30Br2N4/c1-13(2)18-11-19(25)22(20(26)12-18)30-16(5)15(4)21-23(27-17(6)28-24(21)30)29-9-7-14(3)8-10-29/h11-14H,7-10H2,1-6H3. The number of piperidine rings is 1. The van der Waals surface area contributed by atoms with Gasteiger partial charge in [0.05, 0.1) is 11.1 Å². The van der Waals surface area contributed by atoms with Crippen molar-refractivity contribution in [1.82, 2.24) is 14.5 Å². The Morgan fingerprint density at radius 3 is 2.17 bits per heavy atom. The van der Waals surface area contributed by atoms with Crippen LogP contribution in [0, 0.1) is 26.7 Å². The molecule has 3 aromatic rings. The SMILES string of the molecule is Cc1nc(N2CCC(C)CC2)c2c(C)c(C)n(-c3c(Br)cc(C(C)C)cc3Br)c2n1. The van der Waals surface area contributed by atoms with Crippen LogP contribution in [-0.2, 0) is 0 Å². The maximum Gasteiger partial charge on any atom is 0.150 e. The molecule has 4 rings (SSSR count). The zero-order chi connectivity index (χ0) is 21.7. The lowest BCUT2D eigenvalue weighted by molar-refractivity contribution is 0.437. The highest BCUT2D eigenvalue weighted by Gasteiger charge is 2.26. The van der Waals surface area contributed by atoms with E-state index in [1.165, 1.54) is 35.0 Å². The van der Waals surface area contributed by atoms with Crippen molar-refractivity contribution in [2.75, 3.05) is 18.0 Å². The summed E-state index contributed by atoms with van der Waals surface area (Å²) >= 11 is 7.70. The summed E-state index contributed by atoms with van der Waals surface area (Å²) in [6, 6.07) is 4.46. The van der Waals surface area contributed by atoms with Crippen molar-refractivity contribution in [2.45, 2.75) is 60.3 Å². The molecule has 30 heavy (non-hydrogen) atoms. The molecule has 0 amide bonds. The molecular weight excluding hydrogens is 504 g/mol. The summed E-state index contributed by atoms with van der Waals surface area (Å²) in [7, 11) is 0. The van der Waals surface area contributed by atoms with E-state index in [9.17, 15) is 0 Å². The minimum atomic E-state index is 0.466. The second-order valence-corrected chi connectivity index (χ2v) is 10.7. The van der Waals surface area contributed by atoms with Gasteiger partial charge in [-0.2, -0.15) is 0 Å². The molecule has 1 aliphatic rings. The lowest BCUT2D eigenvalue weighted by Crippen LogP contribution is -2.33. The Morgan fingerprint density at radius 1 is 1.00 bits per heavy atom. The normalized spacial score (nSPS) is 15.6. The van der Waals surface area contributed by atoms with E-state index < -0.39 is 0 Å². The molecule has 0 atom stereocenters. The molecule has 3 heterocycles. The second-order valence-electron chi connectivity index (χ2n) is 9.00. The van der Waals surface area contributed by atoms with E-state index in [0.29, 0.717) is 5.92 Å². The maximum absolute atomic E-state index is 4.93. The van der Waals surface area contributed by atoms with Crippen LogP contribution in [0.5, 0.6) is 0 Å². The van der Waals surface area contributed by atoms with E-state index in [2.05, 4.69) is 88.1 Å². The van der Waals surface area contributed by atoms with E-state index in [0.717, 1.165) is 50.9 Å². The number of hydrogen-bond acceptors (Lipinski definition) is 3. The van der Waals surface area contributed by atoms with E-state index in [1.807, 2.05) is 6.92 Å². The van der Waals surface area contributed by atoms with Crippen LogP contribution >= 0.6 is 31.9 Å². The number of aryl methyl sites for hydroxylation is 2. The summed E-state index contributed by atoms with van der Waals surface area (Å²) < 4.78 is 4.43. The third kappa shape index (κ3) is 3.70. The number of halogens is 2. The second kappa shape index (κ2) is 8.27. The van der Waals surface area contributed by atoms with Crippen LogP contribution < -0.4 is 4.90 Å². The molecule has 1 aliphatic heterocycles. The molecule has 0 bridgehead atoms. The minimum Gasteiger partial charge on any atom is -0.356 e. The third-order valence-corrected chi connectivity index (χ3v) is 7.67. The van der Waals surface area contributed by atoms with Crippen LogP contribution in [-0.4, -0.2) is 27.6 Å². The summed E-state index contributed by atoms with van der Waals surface area (Å²) in [5.41, 5.74) is 5.86. The molecule has 0 spiro atoms. The van der Waals surface area contributed by atoms with Crippen molar-refractivity contribution in [3.63, 3.8) is 0 Å². The number of nitrogens with zero attached hydrogens (tertiary/aromatic N) is 4. The van der Waals surface area contributed by atoms with Crippen molar-refractivity contribution in [3.05, 3.63) is 43.7 Å². The lowest BCUT2D eigenvalue weighted by atomic mass is 9.99. The van der Waals surface area contributed by atoms with Gasteiger partial charge in [-0.3, -0.25) is 4.57 Å². The molecule has 0 saturated carbocycles. The Balaban J connectivity index is 1.97. The molecule has 0 N–H and O–H groups in total. The van der Waals surface area contributed by atoms with Gasteiger partial charge in [0, 0.05) is 27.7 Å². The van der Waals surface area contributed by atoms with Gasteiger partial charge in [-0.25, -0.2) is 9.97 Å². The van der Waals surface area contributed by atoms with Crippen molar-refractivity contribution in [1.29, 1.82) is 0 Å². The monoisotopic (exact) mass is 532 g/mol. The van der Waals surface area contributed by atoms with Crippen LogP contribution in [0.25, 0.3) is 16.7 Å². The van der Waals surface area contributed by atoms with Gasteiger partial charge in [0.15, 0.2) is 5.65 Å². The first kappa shape index (κ1) is 21.8. The smallest absolute Gasteiger partial charge is 0.150 e. The largest absolute Gasteiger partial charge is 0.356 e. The topological polar surface area (TPSA) is 34.0 Å². The van der Waals surface area contributed by atoms with Crippen LogP contribution in [0.15, 0.2) is 21.1 Å². The Bertz CT molecular complexity index is 1090. The van der Waals surface area contributed by atoms with E-state index >= 15 is 0 Å². The highest BCUT2D eigenvalue weighted by molar-refractivity contribution is 9.11. The molecule has 160 valence electrons. The summed E-state index contributed by atoms with van der Waals surface area (Å²) in [6.07, 6.45) is 2.44. The Morgan fingerprint density at radius 2 is 1.60 bits per heavy atom. The number of hydrogen-bond donors (Lipinski definition) is 0. The summed E-state index contributed by atoms with van der Waals surface area (Å²) in [5.74, 6) is 3.17.